The lowest BCUT2D eigenvalue weighted by Gasteiger charge is -2.17. The number of hydrogen-bond acceptors (Lipinski definition) is 2. The Kier molecular flexibility index (Phi) is 6.02. The van der Waals surface area contributed by atoms with Crippen LogP contribution in [-0.4, -0.2) is 19.2 Å². The molecule has 0 saturated heterocycles. The van der Waals surface area contributed by atoms with E-state index in [1.165, 1.54) is 47.5 Å². The van der Waals surface area contributed by atoms with Crippen LogP contribution in [0.1, 0.15) is 39.5 Å². The third-order valence-corrected chi connectivity index (χ3v) is 7.48. The van der Waals surface area contributed by atoms with Crippen LogP contribution in [0.15, 0.2) is 91.1 Å². The summed E-state index contributed by atoms with van der Waals surface area (Å²) in [5.74, 6) is 0.698. The Morgan fingerprint density at radius 1 is 0.778 bits per heavy atom. The summed E-state index contributed by atoms with van der Waals surface area (Å²) >= 11 is 0. The maximum absolute atomic E-state index is 4.93. The summed E-state index contributed by atoms with van der Waals surface area (Å²) in [5, 5.41) is 7.55. The first kappa shape index (κ1) is 22.5. The molecule has 0 aliphatic carbocycles. The molecule has 0 radical (unpaired) electrons. The molecular formula is C32H32N4. The van der Waals surface area contributed by atoms with Crippen LogP contribution in [-0.2, 0) is 6.54 Å². The highest BCUT2D eigenvalue weighted by atomic mass is 15.3. The highest BCUT2D eigenvalue weighted by Crippen LogP contribution is 2.34. The summed E-state index contributed by atoms with van der Waals surface area (Å²) < 4.78 is 4.52. The second-order valence-corrected chi connectivity index (χ2v) is 9.77. The van der Waals surface area contributed by atoms with Gasteiger partial charge in [0.05, 0.1) is 11.4 Å². The average Bonchev–Trinajstić information content (AvgIpc) is 3.51. The van der Waals surface area contributed by atoms with Crippen molar-refractivity contribution in [3.8, 4) is 22.5 Å². The molecule has 36 heavy (non-hydrogen) atoms. The van der Waals surface area contributed by atoms with E-state index in [0.717, 1.165) is 34.7 Å². The van der Waals surface area contributed by atoms with E-state index >= 15 is 0 Å². The molecule has 0 amide bonds. The predicted octanol–water partition coefficient (Wildman–Crippen LogP) is 8.39. The van der Waals surface area contributed by atoms with Gasteiger partial charge >= 0.3 is 0 Å². The molecule has 0 bridgehead atoms. The van der Waals surface area contributed by atoms with Crippen molar-refractivity contribution in [1.82, 2.24) is 19.2 Å². The van der Waals surface area contributed by atoms with Crippen LogP contribution in [0.25, 0.3) is 50.0 Å². The van der Waals surface area contributed by atoms with Crippen molar-refractivity contribution in [3.63, 3.8) is 0 Å². The number of benzene rings is 3. The molecule has 3 aromatic heterocycles. The fourth-order valence-corrected chi connectivity index (χ4v) is 5.45. The molecule has 0 spiro atoms. The Hall–Kier alpha value is -3.92. The van der Waals surface area contributed by atoms with Crippen LogP contribution in [0.2, 0.25) is 0 Å². The quantitative estimate of drug-likeness (QED) is 0.223. The maximum atomic E-state index is 4.93. The standard InChI is InChI=1S/C32H32N4/c1-3-5-11-23(4-2)22-35-30-15-10-9-14-26(30)27-20-25(16-17-31(27)35)29-18-19-33-32-21-28(34-36(29)32)24-12-7-6-8-13-24/h6-10,12-21,23H,3-5,11,22H2,1-2H3. The van der Waals surface area contributed by atoms with Gasteiger partial charge in [0.25, 0.3) is 0 Å². The van der Waals surface area contributed by atoms with E-state index in [4.69, 9.17) is 5.10 Å². The number of aromatic nitrogens is 4. The average molecular weight is 473 g/mol. The lowest BCUT2D eigenvalue weighted by atomic mass is 9.99. The van der Waals surface area contributed by atoms with E-state index in [2.05, 4.69) is 90.1 Å². The van der Waals surface area contributed by atoms with Gasteiger partial charge in [-0.15, -0.1) is 0 Å². The molecule has 3 heterocycles. The summed E-state index contributed by atoms with van der Waals surface area (Å²) in [6.07, 6.45) is 6.94. The van der Waals surface area contributed by atoms with Crippen molar-refractivity contribution < 1.29 is 0 Å². The zero-order valence-corrected chi connectivity index (χ0v) is 21.1. The Bertz CT molecular complexity index is 1640. The number of unbranched alkanes of at least 4 members (excludes halogenated alkanes) is 1. The predicted molar refractivity (Wildman–Crippen MR) is 150 cm³/mol. The minimum Gasteiger partial charge on any atom is -0.340 e. The number of nitrogens with zero attached hydrogens (tertiary/aromatic N) is 4. The number of hydrogen-bond donors (Lipinski definition) is 0. The van der Waals surface area contributed by atoms with Gasteiger partial charge in [-0.1, -0.05) is 87.7 Å². The van der Waals surface area contributed by atoms with Crippen molar-refractivity contribution in [1.29, 1.82) is 0 Å². The monoisotopic (exact) mass is 472 g/mol. The first-order valence-electron chi connectivity index (χ1n) is 13.2. The molecule has 6 aromatic rings. The van der Waals surface area contributed by atoms with Crippen LogP contribution in [0.4, 0.5) is 0 Å². The summed E-state index contributed by atoms with van der Waals surface area (Å²) in [7, 11) is 0. The van der Waals surface area contributed by atoms with E-state index in [0.29, 0.717) is 5.92 Å². The van der Waals surface area contributed by atoms with Gasteiger partial charge in [0, 0.05) is 51.7 Å². The van der Waals surface area contributed by atoms with E-state index in [1.807, 2.05) is 28.9 Å². The normalized spacial score (nSPS) is 12.6. The molecule has 1 unspecified atom stereocenters. The number of rotatable bonds is 8. The van der Waals surface area contributed by atoms with Crippen LogP contribution in [0.3, 0.4) is 0 Å². The SMILES string of the molecule is CCCCC(CC)Cn1c2ccccc2c2cc(-c3ccnc4cc(-c5ccccc5)nn34)ccc21. The molecule has 4 heteroatoms. The molecule has 6 rings (SSSR count). The maximum Gasteiger partial charge on any atom is 0.156 e. The minimum absolute atomic E-state index is 0.698. The molecule has 180 valence electrons. The van der Waals surface area contributed by atoms with Gasteiger partial charge in [-0.05, 0) is 36.6 Å². The van der Waals surface area contributed by atoms with Gasteiger partial charge in [0.1, 0.15) is 0 Å². The minimum atomic E-state index is 0.698. The second-order valence-electron chi connectivity index (χ2n) is 9.77. The largest absolute Gasteiger partial charge is 0.340 e. The van der Waals surface area contributed by atoms with Crippen molar-refractivity contribution >= 4 is 27.5 Å². The van der Waals surface area contributed by atoms with Crippen molar-refractivity contribution in [2.24, 2.45) is 5.92 Å². The number of fused-ring (bicyclic) bond motifs is 4. The summed E-state index contributed by atoms with van der Waals surface area (Å²) in [4.78, 5) is 4.59. The van der Waals surface area contributed by atoms with Gasteiger partial charge in [0.15, 0.2) is 5.65 Å². The lowest BCUT2D eigenvalue weighted by Crippen LogP contribution is -2.10. The summed E-state index contributed by atoms with van der Waals surface area (Å²) in [6.45, 7) is 5.68. The van der Waals surface area contributed by atoms with Gasteiger partial charge in [-0.2, -0.15) is 5.10 Å². The van der Waals surface area contributed by atoms with E-state index in [9.17, 15) is 0 Å². The Balaban J connectivity index is 1.47. The van der Waals surface area contributed by atoms with Crippen LogP contribution in [0.5, 0.6) is 0 Å². The first-order valence-corrected chi connectivity index (χ1v) is 13.2. The van der Waals surface area contributed by atoms with Crippen molar-refractivity contribution in [2.75, 3.05) is 0 Å². The zero-order valence-electron chi connectivity index (χ0n) is 21.1. The molecule has 1 atom stereocenters. The molecule has 0 aliphatic heterocycles. The Morgan fingerprint density at radius 2 is 1.58 bits per heavy atom. The molecule has 0 aliphatic rings. The fraction of sp³-hybridized carbons (Fsp3) is 0.250. The Morgan fingerprint density at radius 3 is 2.42 bits per heavy atom. The van der Waals surface area contributed by atoms with E-state index in [1.54, 1.807) is 0 Å². The zero-order chi connectivity index (χ0) is 24.5. The third-order valence-electron chi connectivity index (χ3n) is 7.48. The second kappa shape index (κ2) is 9.62. The van der Waals surface area contributed by atoms with Crippen LogP contribution < -0.4 is 0 Å². The highest BCUT2D eigenvalue weighted by Gasteiger charge is 2.16. The molecule has 0 N–H and O–H groups in total. The Labute approximate surface area is 212 Å². The summed E-state index contributed by atoms with van der Waals surface area (Å²) in [6, 6.07) is 30.1. The topological polar surface area (TPSA) is 35.1 Å². The van der Waals surface area contributed by atoms with Gasteiger partial charge in [0.2, 0.25) is 0 Å². The lowest BCUT2D eigenvalue weighted by molar-refractivity contribution is 0.401. The third kappa shape index (κ3) is 3.97. The van der Waals surface area contributed by atoms with Crippen molar-refractivity contribution in [2.45, 2.75) is 46.1 Å². The fourth-order valence-electron chi connectivity index (χ4n) is 5.45. The van der Waals surface area contributed by atoms with Crippen LogP contribution in [0, 0.1) is 5.92 Å². The molecule has 0 saturated carbocycles. The molecular weight excluding hydrogens is 440 g/mol. The molecule has 0 fully saturated rings. The molecule has 4 nitrogen and oxygen atoms in total. The van der Waals surface area contributed by atoms with Crippen molar-refractivity contribution in [3.05, 3.63) is 91.1 Å². The van der Waals surface area contributed by atoms with Crippen LogP contribution >= 0.6 is 0 Å². The van der Waals surface area contributed by atoms with Gasteiger partial charge in [-0.3, -0.25) is 0 Å². The first-order chi connectivity index (χ1) is 17.8. The summed E-state index contributed by atoms with van der Waals surface area (Å²) in [5.41, 5.74) is 7.73. The molecule has 3 aromatic carbocycles. The van der Waals surface area contributed by atoms with Gasteiger partial charge < -0.3 is 4.57 Å². The smallest absolute Gasteiger partial charge is 0.156 e. The highest BCUT2D eigenvalue weighted by molar-refractivity contribution is 6.09. The van der Waals surface area contributed by atoms with E-state index in [-0.39, 0.29) is 0 Å². The number of para-hydroxylation sites is 1. The van der Waals surface area contributed by atoms with E-state index < -0.39 is 0 Å². The van der Waals surface area contributed by atoms with Gasteiger partial charge in [-0.25, -0.2) is 9.50 Å².